The van der Waals surface area contributed by atoms with E-state index in [9.17, 15) is 14.0 Å². The van der Waals surface area contributed by atoms with E-state index >= 15 is 0 Å². The van der Waals surface area contributed by atoms with Crippen molar-refractivity contribution in [1.82, 2.24) is 5.32 Å². The molecule has 0 aliphatic heterocycles. The molecule has 2 aromatic carbocycles. The molecule has 1 N–H and O–H groups in total. The zero-order valence-electron chi connectivity index (χ0n) is 17.3. The van der Waals surface area contributed by atoms with Gasteiger partial charge < -0.3 is 10.1 Å². The van der Waals surface area contributed by atoms with E-state index in [0.29, 0.717) is 11.1 Å². The van der Waals surface area contributed by atoms with Gasteiger partial charge in [-0.2, -0.15) is 0 Å². The smallest absolute Gasteiger partial charge is 0.332 e. The largest absolute Gasteiger partial charge is 0.464 e. The van der Waals surface area contributed by atoms with Gasteiger partial charge in [0.05, 0.1) is 6.61 Å². The van der Waals surface area contributed by atoms with Crippen molar-refractivity contribution in [2.75, 3.05) is 6.61 Å². The minimum absolute atomic E-state index is 0.203. The molecule has 1 amide bonds. The molecule has 3 rings (SSSR count). The molecule has 0 bridgehead atoms. The normalized spacial score (nSPS) is 17.4. The highest BCUT2D eigenvalue weighted by Gasteiger charge is 2.46. The number of allylic oxidation sites excluding steroid dienone is 1. The van der Waals surface area contributed by atoms with Crippen LogP contribution in [0.3, 0.4) is 0 Å². The lowest BCUT2D eigenvalue weighted by molar-refractivity contribution is -0.150. The maximum atomic E-state index is 13.7. The minimum atomic E-state index is -1.24. The van der Waals surface area contributed by atoms with E-state index in [-0.39, 0.29) is 31.2 Å². The highest BCUT2D eigenvalue weighted by molar-refractivity contribution is 6.01. The second kappa shape index (κ2) is 8.19. The molecule has 1 aliphatic carbocycles. The molecule has 0 saturated carbocycles. The number of amides is 1. The number of carbonyl (C=O) groups is 2. The molecule has 1 aliphatic rings. The van der Waals surface area contributed by atoms with Crippen LogP contribution in [0.2, 0.25) is 0 Å². The van der Waals surface area contributed by atoms with Gasteiger partial charge in [-0.1, -0.05) is 29.8 Å². The van der Waals surface area contributed by atoms with Crippen molar-refractivity contribution in [3.05, 3.63) is 75.6 Å². The Labute approximate surface area is 170 Å². The Balaban J connectivity index is 1.99. The van der Waals surface area contributed by atoms with Gasteiger partial charge in [0.1, 0.15) is 11.4 Å². The summed E-state index contributed by atoms with van der Waals surface area (Å²) in [5, 5.41) is 2.94. The standard InChI is InChI=1S/C24H26FNO3/c1-5-29-23(28)24(13-17-9-10-19(25)12-18(17)14-24)26-22(27)20-8-6-7-16(4)21(20)11-15(2)3/h6-12H,5,13-14H2,1-4H3,(H,26,27). The second-order valence-corrected chi connectivity index (χ2v) is 7.78. The van der Waals surface area contributed by atoms with Crippen LogP contribution in [-0.2, 0) is 22.4 Å². The van der Waals surface area contributed by atoms with E-state index in [1.54, 1.807) is 19.1 Å². The third-order valence-corrected chi connectivity index (χ3v) is 5.17. The zero-order chi connectivity index (χ0) is 21.2. The van der Waals surface area contributed by atoms with Gasteiger partial charge in [0, 0.05) is 18.4 Å². The number of benzene rings is 2. The van der Waals surface area contributed by atoms with Crippen LogP contribution < -0.4 is 5.32 Å². The van der Waals surface area contributed by atoms with Crippen LogP contribution in [0, 0.1) is 12.7 Å². The fourth-order valence-corrected chi connectivity index (χ4v) is 3.84. The SMILES string of the molecule is CCOC(=O)C1(NC(=O)c2cccc(C)c2C=C(C)C)Cc2ccc(F)cc2C1. The van der Waals surface area contributed by atoms with Gasteiger partial charge in [0.2, 0.25) is 0 Å². The first kappa shape index (κ1) is 20.8. The summed E-state index contributed by atoms with van der Waals surface area (Å²) in [7, 11) is 0. The first-order valence-electron chi connectivity index (χ1n) is 9.77. The highest BCUT2D eigenvalue weighted by Crippen LogP contribution is 2.32. The third kappa shape index (κ3) is 4.24. The number of halogens is 1. The molecule has 0 aromatic heterocycles. The van der Waals surface area contributed by atoms with Gasteiger partial charge in [-0.3, -0.25) is 4.79 Å². The number of carbonyl (C=O) groups excluding carboxylic acids is 2. The van der Waals surface area contributed by atoms with Gasteiger partial charge >= 0.3 is 5.97 Å². The Hall–Kier alpha value is -2.95. The van der Waals surface area contributed by atoms with Crippen LogP contribution in [0.15, 0.2) is 42.0 Å². The molecule has 0 radical (unpaired) electrons. The lowest BCUT2D eigenvalue weighted by atomic mass is 9.93. The quantitative estimate of drug-likeness (QED) is 0.764. The molecule has 2 aromatic rings. The molecule has 5 heteroatoms. The predicted molar refractivity (Wildman–Crippen MR) is 111 cm³/mol. The van der Waals surface area contributed by atoms with Crippen molar-refractivity contribution in [3.8, 4) is 0 Å². The Morgan fingerprint density at radius 2 is 1.90 bits per heavy atom. The molecule has 152 valence electrons. The molecular formula is C24H26FNO3. The molecule has 1 unspecified atom stereocenters. The molecule has 0 saturated heterocycles. The van der Waals surface area contributed by atoms with Gasteiger partial charge in [0.25, 0.3) is 5.91 Å². The second-order valence-electron chi connectivity index (χ2n) is 7.78. The number of ether oxygens (including phenoxy) is 1. The van der Waals surface area contributed by atoms with E-state index in [4.69, 9.17) is 4.74 Å². The summed E-state index contributed by atoms with van der Waals surface area (Å²) in [5.74, 6) is -1.21. The topological polar surface area (TPSA) is 55.4 Å². The molecule has 4 nitrogen and oxygen atoms in total. The Morgan fingerprint density at radius 1 is 1.17 bits per heavy atom. The molecule has 0 fully saturated rings. The van der Waals surface area contributed by atoms with E-state index in [0.717, 1.165) is 22.3 Å². The van der Waals surface area contributed by atoms with Gasteiger partial charge in [-0.05, 0) is 68.1 Å². The van der Waals surface area contributed by atoms with Crippen molar-refractivity contribution >= 4 is 18.0 Å². The number of esters is 1. The first-order chi connectivity index (χ1) is 13.8. The van der Waals surface area contributed by atoms with Crippen LogP contribution in [-0.4, -0.2) is 24.0 Å². The number of rotatable bonds is 5. The Morgan fingerprint density at radius 3 is 2.59 bits per heavy atom. The van der Waals surface area contributed by atoms with E-state index in [2.05, 4.69) is 5.32 Å². The third-order valence-electron chi connectivity index (χ3n) is 5.17. The van der Waals surface area contributed by atoms with Crippen LogP contribution in [0.5, 0.6) is 0 Å². The van der Waals surface area contributed by atoms with Crippen LogP contribution >= 0.6 is 0 Å². The summed E-state index contributed by atoms with van der Waals surface area (Å²) in [4.78, 5) is 26.1. The maximum absolute atomic E-state index is 13.7. The number of hydrogen-bond donors (Lipinski definition) is 1. The van der Waals surface area contributed by atoms with E-state index in [1.165, 1.54) is 12.1 Å². The van der Waals surface area contributed by atoms with E-state index < -0.39 is 11.5 Å². The molecular weight excluding hydrogens is 369 g/mol. The van der Waals surface area contributed by atoms with E-state index in [1.807, 2.05) is 39.0 Å². The molecule has 0 heterocycles. The average Bonchev–Trinajstić information content (AvgIpc) is 3.01. The monoisotopic (exact) mass is 395 g/mol. The Bertz CT molecular complexity index is 992. The lowest BCUT2D eigenvalue weighted by Gasteiger charge is -2.28. The predicted octanol–water partition coefficient (Wildman–Crippen LogP) is 4.39. The van der Waals surface area contributed by atoms with Crippen molar-refractivity contribution in [2.24, 2.45) is 0 Å². The van der Waals surface area contributed by atoms with Gasteiger partial charge in [-0.25, -0.2) is 9.18 Å². The van der Waals surface area contributed by atoms with Crippen molar-refractivity contribution in [3.63, 3.8) is 0 Å². The fourth-order valence-electron chi connectivity index (χ4n) is 3.84. The summed E-state index contributed by atoms with van der Waals surface area (Å²) in [5.41, 5.74) is 3.68. The number of fused-ring (bicyclic) bond motifs is 1. The lowest BCUT2D eigenvalue weighted by Crippen LogP contribution is -2.56. The summed E-state index contributed by atoms with van der Waals surface area (Å²) < 4.78 is 19.0. The summed E-state index contributed by atoms with van der Waals surface area (Å²) >= 11 is 0. The summed E-state index contributed by atoms with van der Waals surface area (Å²) in [6.45, 7) is 7.81. The van der Waals surface area contributed by atoms with Crippen molar-refractivity contribution in [2.45, 2.75) is 46.1 Å². The molecule has 0 spiro atoms. The van der Waals surface area contributed by atoms with Crippen molar-refractivity contribution < 1.29 is 18.7 Å². The summed E-state index contributed by atoms with van der Waals surface area (Å²) in [6.07, 6.45) is 2.44. The summed E-state index contributed by atoms with van der Waals surface area (Å²) in [6, 6.07) is 9.97. The minimum Gasteiger partial charge on any atom is -0.464 e. The highest BCUT2D eigenvalue weighted by atomic mass is 19.1. The first-order valence-corrected chi connectivity index (χ1v) is 9.77. The average molecular weight is 395 g/mol. The fraction of sp³-hybridized carbons (Fsp3) is 0.333. The van der Waals surface area contributed by atoms with Gasteiger partial charge in [-0.15, -0.1) is 0 Å². The zero-order valence-corrected chi connectivity index (χ0v) is 17.3. The van der Waals surface area contributed by atoms with Crippen LogP contribution in [0.25, 0.3) is 6.08 Å². The molecule has 29 heavy (non-hydrogen) atoms. The number of aryl methyl sites for hydroxylation is 1. The number of nitrogens with one attached hydrogen (secondary N) is 1. The van der Waals surface area contributed by atoms with Crippen LogP contribution in [0.4, 0.5) is 4.39 Å². The van der Waals surface area contributed by atoms with Gasteiger partial charge in [0.15, 0.2) is 0 Å². The maximum Gasteiger partial charge on any atom is 0.332 e. The van der Waals surface area contributed by atoms with Crippen molar-refractivity contribution in [1.29, 1.82) is 0 Å². The molecule has 1 atom stereocenters. The van der Waals surface area contributed by atoms with Crippen LogP contribution in [0.1, 0.15) is 53.4 Å². The number of hydrogen-bond acceptors (Lipinski definition) is 3. The Kier molecular flexibility index (Phi) is 5.87.